The second kappa shape index (κ2) is 9.74. The second-order valence-electron chi connectivity index (χ2n) is 9.54. The standard InChI is InChI=1S/C26H24ClF4N3O3/c27-19-3-1-2-16(13-4-5-13)22(19)24(35)34-21-11-15(32-12-26(29,30)31)7-9-18(21)23(33-34)17-8-6-14(25(36)37)10-20(17)28/h1-3,6,8,10,13,15,24,32,35H,4-5,7,9,11-12H2,(H,36,37). The van der Waals surface area contributed by atoms with Crippen LogP contribution in [0.2, 0.25) is 5.02 Å². The topological polar surface area (TPSA) is 87.4 Å². The van der Waals surface area contributed by atoms with Crippen molar-refractivity contribution in [3.05, 3.63) is 75.2 Å². The van der Waals surface area contributed by atoms with E-state index in [-0.39, 0.29) is 29.2 Å². The molecule has 2 aromatic carbocycles. The number of fused-ring (bicyclic) bond motifs is 1. The summed E-state index contributed by atoms with van der Waals surface area (Å²) in [6.07, 6.45) is -3.03. The van der Waals surface area contributed by atoms with Gasteiger partial charge < -0.3 is 15.5 Å². The Morgan fingerprint density at radius 2 is 1.97 bits per heavy atom. The van der Waals surface area contributed by atoms with Crippen LogP contribution in [-0.2, 0) is 12.8 Å². The molecule has 3 N–H and O–H groups in total. The lowest BCUT2D eigenvalue weighted by Gasteiger charge is -2.27. The van der Waals surface area contributed by atoms with Crippen molar-refractivity contribution in [2.45, 2.75) is 56.5 Å². The molecule has 1 heterocycles. The number of rotatable bonds is 7. The number of nitrogens with zero attached hydrogens (tertiary/aromatic N) is 2. The van der Waals surface area contributed by atoms with E-state index in [1.807, 2.05) is 6.07 Å². The molecule has 2 aliphatic rings. The molecular formula is C26H24ClF4N3O3. The molecule has 0 amide bonds. The van der Waals surface area contributed by atoms with Crippen LogP contribution in [0.1, 0.15) is 64.2 Å². The molecule has 2 aliphatic carbocycles. The first kappa shape index (κ1) is 25.7. The molecular weight excluding hydrogens is 514 g/mol. The summed E-state index contributed by atoms with van der Waals surface area (Å²) in [7, 11) is 0. The number of hydrogen-bond donors (Lipinski definition) is 3. The lowest BCUT2D eigenvalue weighted by molar-refractivity contribution is -0.126. The van der Waals surface area contributed by atoms with Crippen LogP contribution in [-0.4, -0.2) is 44.7 Å². The Bertz CT molecular complexity index is 1350. The first-order valence-corrected chi connectivity index (χ1v) is 12.3. The summed E-state index contributed by atoms with van der Waals surface area (Å²) >= 11 is 6.50. The number of aliphatic hydroxyl groups is 1. The van der Waals surface area contributed by atoms with Gasteiger partial charge in [0.15, 0.2) is 6.23 Å². The van der Waals surface area contributed by atoms with Gasteiger partial charge in [0.1, 0.15) is 5.82 Å². The van der Waals surface area contributed by atoms with Gasteiger partial charge in [-0.1, -0.05) is 23.7 Å². The molecule has 37 heavy (non-hydrogen) atoms. The maximum Gasteiger partial charge on any atom is 0.401 e. The number of aliphatic hydroxyl groups excluding tert-OH is 1. The van der Waals surface area contributed by atoms with E-state index in [2.05, 4.69) is 10.4 Å². The maximum absolute atomic E-state index is 15.0. The zero-order valence-electron chi connectivity index (χ0n) is 19.5. The van der Waals surface area contributed by atoms with Crippen molar-refractivity contribution in [2.75, 3.05) is 6.54 Å². The van der Waals surface area contributed by atoms with Crippen molar-refractivity contribution in [2.24, 2.45) is 0 Å². The van der Waals surface area contributed by atoms with E-state index in [0.717, 1.165) is 24.5 Å². The van der Waals surface area contributed by atoms with Gasteiger partial charge in [-0.15, -0.1) is 0 Å². The molecule has 2 unspecified atom stereocenters. The fourth-order valence-electron chi connectivity index (χ4n) is 5.03. The van der Waals surface area contributed by atoms with Gasteiger partial charge in [0.05, 0.1) is 17.8 Å². The van der Waals surface area contributed by atoms with Gasteiger partial charge in [0.25, 0.3) is 0 Å². The fourth-order valence-corrected chi connectivity index (χ4v) is 5.31. The number of nitrogens with one attached hydrogen (secondary N) is 1. The third-order valence-electron chi connectivity index (χ3n) is 6.96. The molecule has 0 radical (unpaired) electrons. The van der Waals surface area contributed by atoms with Crippen LogP contribution < -0.4 is 5.32 Å². The molecule has 11 heteroatoms. The summed E-state index contributed by atoms with van der Waals surface area (Å²) in [5, 5.41) is 28.1. The fraction of sp³-hybridized carbons (Fsp3) is 0.385. The summed E-state index contributed by atoms with van der Waals surface area (Å²) in [6.45, 7) is -1.15. The van der Waals surface area contributed by atoms with Crippen LogP contribution in [0.3, 0.4) is 0 Å². The van der Waals surface area contributed by atoms with Gasteiger partial charge in [-0.3, -0.25) is 0 Å². The third kappa shape index (κ3) is 5.23. The Hall–Kier alpha value is -2.95. The van der Waals surface area contributed by atoms with Crippen LogP contribution in [0.5, 0.6) is 0 Å². The monoisotopic (exact) mass is 537 g/mol. The molecule has 6 nitrogen and oxygen atoms in total. The minimum absolute atomic E-state index is 0.0514. The molecule has 0 bridgehead atoms. The van der Waals surface area contributed by atoms with Crippen LogP contribution in [0.15, 0.2) is 36.4 Å². The Morgan fingerprint density at radius 1 is 1.22 bits per heavy atom. The minimum Gasteiger partial charge on any atom is -0.478 e. The molecule has 3 aromatic rings. The predicted octanol–water partition coefficient (Wildman–Crippen LogP) is 5.47. The molecule has 1 aromatic heterocycles. The van der Waals surface area contributed by atoms with E-state index < -0.39 is 36.8 Å². The third-order valence-corrected chi connectivity index (χ3v) is 7.29. The van der Waals surface area contributed by atoms with Gasteiger partial charge in [-0.2, -0.15) is 18.3 Å². The van der Waals surface area contributed by atoms with E-state index >= 15 is 4.39 Å². The number of alkyl halides is 3. The normalized spacial score (nSPS) is 18.5. The van der Waals surface area contributed by atoms with Crippen molar-refractivity contribution in [3.63, 3.8) is 0 Å². The van der Waals surface area contributed by atoms with E-state index in [4.69, 9.17) is 11.6 Å². The lowest BCUT2D eigenvalue weighted by atomic mass is 9.89. The first-order valence-electron chi connectivity index (χ1n) is 11.9. The SMILES string of the molecule is O=C(O)c1ccc(-c2nn(C(O)c3c(Cl)cccc3C3CC3)c3c2CCC(NCC(F)(F)F)C3)c(F)c1. The van der Waals surface area contributed by atoms with E-state index in [1.165, 1.54) is 16.8 Å². The van der Waals surface area contributed by atoms with Crippen molar-refractivity contribution < 1.29 is 32.6 Å². The molecule has 5 rings (SSSR count). The minimum atomic E-state index is -4.38. The zero-order valence-corrected chi connectivity index (χ0v) is 20.3. The number of aromatic carboxylic acids is 1. The smallest absolute Gasteiger partial charge is 0.401 e. The summed E-state index contributed by atoms with van der Waals surface area (Å²) in [5.41, 5.74) is 2.48. The highest BCUT2D eigenvalue weighted by atomic mass is 35.5. The van der Waals surface area contributed by atoms with Crippen LogP contribution in [0.4, 0.5) is 17.6 Å². The molecule has 196 valence electrons. The Morgan fingerprint density at radius 3 is 2.62 bits per heavy atom. The average Bonchev–Trinajstić information content (AvgIpc) is 3.62. The summed E-state index contributed by atoms with van der Waals surface area (Å²) < 4.78 is 54.9. The number of halogens is 5. The average molecular weight is 538 g/mol. The molecule has 1 saturated carbocycles. The van der Waals surface area contributed by atoms with E-state index in [0.29, 0.717) is 34.7 Å². The van der Waals surface area contributed by atoms with E-state index in [1.54, 1.807) is 12.1 Å². The van der Waals surface area contributed by atoms with E-state index in [9.17, 15) is 28.2 Å². The second-order valence-corrected chi connectivity index (χ2v) is 9.95. The quantitative estimate of drug-likeness (QED) is 0.348. The van der Waals surface area contributed by atoms with Crippen molar-refractivity contribution >= 4 is 17.6 Å². The number of carboxylic acids is 1. The Balaban J connectivity index is 1.60. The molecule has 0 aliphatic heterocycles. The number of hydrogen-bond acceptors (Lipinski definition) is 4. The first-order chi connectivity index (χ1) is 17.5. The van der Waals surface area contributed by atoms with Gasteiger partial charge in [0.2, 0.25) is 0 Å². The number of aromatic nitrogens is 2. The molecule has 2 atom stereocenters. The molecule has 0 saturated heterocycles. The summed E-state index contributed by atoms with van der Waals surface area (Å²) in [5.74, 6) is -1.83. The van der Waals surface area contributed by atoms with Gasteiger partial charge in [0, 0.05) is 39.9 Å². The highest BCUT2D eigenvalue weighted by molar-refractivity contribution is 6.31. The van der Waals surface area contributed by atoms with Gasteiger partial charge in [-0.25, -0.2) is 13.9 Å². The van der Waals surface area contributed by atoms with Gasteiger partial charge >= 0.3 is 12.1 Å². The van der Waals surface area contributed by atoms with Crippen LogP contribution >= 0.6 is 11.6 Å². The largest absolute Gasteiger partial charge is 0.478 e. The van der Waals surface area contributed by atoms with Crippen LogP contribution in [0.25, 0.3) is 11.3 Å². The molecule has 1 fully saturated rings. The zero-order chi connectivity index (χ0) is 26.5. The Kier molecular flexibility index (Phi) is 6.76. The number of carboxylic acid groups (broad SMARTS) is 1. The lowest BCUT2D eigenvalue weighted by Crippen LogP contribution is -2.41. The number of carbonyl (C=O) groups is 1. The maximum atomic E-state index is 15.0. The van der Waals surface area contributed by atoms with Crippen LogP contribution in [0, 0.1) is 5.82 Å². The predicted molar refractivity (Wildman–Crippen MR) is 128 cm³/mol. The van der Waals surface area contributed by atoms with Gasteiger partial charge in [-0.05, 0) is 61.4 Å². The van der Waals surface area contributed by atoms with Crippen molar-refractivity contribution in [3.8, 4) is 11.3 Å². The highest BCUT2D eigenvalue weighted by Crippen LogP contribution is 2.46. The summed E-state index contributed by atoms with van der Waals surface area (Å²) in [6, 6.07) is 8.29. The highest BCUT2D eigenvalue weighted by Gasteiger charge is 2.35. The summed E-state index contributed by atoms with van der Waals surface area (Å²) in [4.78, 5) is 11.3. The van der Waals surface area contributed by atoms with Crippen molar-refractivity contribution in [1.82, 2.24) is 15.1 Å². The number of benzene rings is 2. The molecule has 0 spiro atoms. The Labute approximate surface area is 214 Å². The van der Waals surface area contributed by atoms with Crippen molar-refractivity contribution in [1.29, 1.82) is 0 Å².